The van der Waals surface area contributed by atoms with E-state index in [9.17, 15) is 73.2 Å². The highest BCUT2D eigenvalue weighted by Crippen LogP contribution is 2.21. The molecule has 7 amide bonds. The van der Waals surface area contributed by atoms with Gasteiger partial charge in [0.2, 0.25) is 17.7 Å². The zero-order valence-corrected chi connectivity index (χ0v) is 35.0. The third-order valence-corrected chi connectivity index (χ3v) is 10.7. The number of carbonyl (C=O) groups excluding carboxylic acids is 5. The predicted molar refractivity (Wildman–Crippen MR) is 219 cm³/mol. The van der Waals surface area contributed by atoms with E-state index >= 15 is 0 Å². The number of nitrogens with one attached hydrogen (secondary N) is 7. The highest BCUT2D eigenvalue weighted by molar-refractivity contribution is 8.76. The summed E-state index contributed by atoms with van der Waals surface area (Å²) in [5.41, 5.74) is 1.06. The Kier molecular flexibility index (Phi) is 25.1. The minimum Gasteiger partial charge on any atom is -0.481 e. The van der Waals surface area contributed by atoms with Crippen LogP contribution in [0.1, 0.15) is 69.4 Å². The minimum atomic E-state index is -1.76. The monoisotopic (exact) mass is 917 g/mol. The lowest BCUT2D eigenvalue weighted by molar-refractivity contribution is -0.143. The molecule has 0 aliphatic carbocycles. The van der Waals surface area contributed by atoms with Crippen molar-refractivity contribution in [1.29, 1.82) is 0 Å². The van der Waals surface area contributed by atoms with Crippen molar-refractivity contribution in [2.24, 2.45) is 0 Å². The summed E-state index contributed by atoms with van der Waals surface area (Å²) in [4.78, 5) is 131. The average molecular weight is 918 g/mol. The van der Waals surface area contributed by atoms with Gasteiger partial charge < -0.3 is 67.9 Å². The third kappa shape index (κ3) is 23.5. The molecule has 0 spiro atoms. The average Bonchev–Trinajstić information content (AvgIpc) is 3.18. The predicted octanol–water partition coefficient (Wildman–Crippen LogP) is -0.451. The molecule has 0 unspecified atom stereocenters. The third-order valence-electron chi connectivity index (χ3n) is 8.26. The highest BCUT2D eigenvalue weighted by Gasteiger charge is 2.31. The van der Waals surface area contributed by atoms with E-state index in [1.54, 1.807) is 24.3 Å². The number of carboxylic acid groups (broad SMARTS) is 6. The lowest BCUT2D eigenvalue weighted by Crippen LogP contribution is -2.56. The number of aliphatic carboxylic acids is 6. The molecule has 1 aromatic carbocycles. The summed E-state index contributed by atoms with van der Waals surface area (Å²) in [5, 5.41) is 71.4. The van der Waals surface area contributed by atoms with Crippen molar-refractivity contribution in [3.8, 4) is 0 Å². The molecule has 0 bridgehead atoms. The summed E-state index contributed by atoms with van der Waals surface area (Å²) >= 11 is 0. The zero-order chi connectivity index (χ0) is 46.8. The van der Waals surface area contributed by atoms with Crippen molar-refractivity contribution in [1.82, 2.24) is 37.2 Å². The molecule has 0 radical (unpaired) electrons. The summed E-state index contributed by atoms with van der Waals surface area (Å²) in [6.45, 7) is 2.00. The molecule has 26 heteroatoms. The van der Waals surface area contributed by atoms with Crippen LogP contribution < -0.4 is 37.2 Å². The second kappa shape index (κ2) is 29.0. The van der Waals surface area contributed by atoms with Crippen LogP contribution in [0.3, 0.4) is 0 Å². The Morgan fingerprint density at radius 3 is 1.58 bits per heavy atom. The van der Waals surface area contributed by atoms with Crippen molar-refractivity contribution in [2.45, 2.75) is 101 Å². The first-order valence-electron chi connectivity index (χ1n) is 18.9. The van der Waals surface area contributed by atoms with Gasteiger partial charge in [0.05, 0.1) is 12.8 Å². The van der Waals surface area contributed by atoms with Gasteiger partial charge in [0, 0.05) is 37.4 Å². The van der Waals surface area contributed by atoms with Crippen molar-refractivity contribution < 1.29 is 83.4 Å². The van der Waals surface area contributed by atoms with E-state index in [4.69, 9.17) is 10.2 Å². The van der Waals surface area contributed by atoms with E-state index in [1.807, 2.05) is 12.2 Å². The quantitative estimate of drug-likeness (QED) is 0.0331. The van der Waals surface area contributed by atoms with Crippen molar-refractivity contribution in [3.63, 3.8) is 0 Å². The number of unbranched alkanes of at least 4 members (excludes halogenated alkanes) is 1. The van der Waals surface area contributed by atoms with Crippen LogP contribution in [-0.2, 0) is 56.1 Å². The molecule has 0 fully saturated rings. The summed E-state index contributed by atoms with van der Waals surface area (Å²) in [7, 11) is 2.49. The van der Waals surface area contributed by atoms with E-state index in [1.165, 1.54) is 10.8 Å². The van der Waals surface area contributed by atoms with Gasteiger partial charge in [-0.2, -0.15) is 0 Å². The van der Waals surface area contributed by atoms with E-state index in [0.717, 1.165) is 10.8 Å². The molecule has 0 aromatic heterocycles. The fourth-order valence-corrected chi connectivity index (χ4v) is 6.93. The van der Waals surface area contributed by atoms with Crippen LogP contribution in [0.25, 0.3) is 0 Å². The summed E-state index contributed by atoms with van der Waals surface area (Å²) < 4.78 is 0. The topological polar surface area (TPSA) is 393 Å². The summed E-state index contributed by atoms with van der Waals surface area (Å²) in [6, 6.07) is -3.02. The van der Waals surface area contributed by atoms with Gasteiger partial charge in [0.15, 0.2) is 0 Å². The second-order valence-corrected chi connectivity index (χ2v) is 16.0. The molecule has 0 saturated carbocycles. The fraction of sp³-hybridized carbons (Fsp3) is 0.528. The van der Waals surface area contributed by atoms with Crippen LogP contribution in [-0.4, -0.2) is 144 Å². The molecule has 344 valence electrons. The van der Waals surface area contributed by atoms with Gasteiger partial charge in [-0.15, -0.1) is 0 Å². The second-order valence-electron chi connectivity index (χ2n) is 13.2. The van der Waals surface area contributed by atoms with E-state index in [0.29, 0.717) is 23.3 Å². The Hall–Kier alpha value is -6.31. The largest absolute Gasteiger partial charge is 0.481 e. The number of carboxylic acids is 6. The Morgan fingerprint density at radius 2 is 1.05 bits per heavy atom. The van der Waals surface area contributed by atoms with Gasteiger partial charge in [-0.3, -0.25) is 28.8 Å². The molecule has 1 rings (SSSR count). The number of urea groups is 2. The number of carbonyl (C=O) groups is 11. The minimum absolute atomic E-state index is 0.0501. The van der Waals surface area contributed by atoms with E-state index in [2.05, 4.69) is 31.9 Å². The van der Waals surface area contributed by atoms with Gasteiger partial charge in [0.1, 0.15) is 30.2 Å². The first-order valence-corrected chi connectivity index (χ1v) is 21.4. The molecule has 0 aliphatic heterocycles. The van der Waals surface area contributed by atoms with Gasteiger partial charge in [-0.05, 0) is 43.2 Å². The molecule has 24 nitrogen and oxygen atoms in total. The van der Waals surface area contributed by atoms with Crippen molar-refractivity contribution in [2.75, 3.05) is 18.1 Å². The number of rotatable bonds is 31. The smallest absolute Gasteiger partial charge is 0.327 e. The van der Waals surface area contributed by atoms with Gasteiger partial charge in [-0.1, -0.05) is 52.8 Å². The Labute approximate surface area is 361 Å². The van der Waals surface area contributed by atoms with E-state index in [-0.39, 0.29) is 38.1 Å². The number of amides is 7. The molecular weight excluding hydrogens is 867 g/mol. The fourth-order valence-electron chi connectivity index (χ4n) is 5.11. The molecule has 5 atom stereocenters. The molecule has 1 aromatic rings. The standard InChI is InChI=1S/C36H51N7O17S2/c1-2-61-62-18-25(34(57)58)41-31(52)24(16-29(49)50)40-30(51)21(10-12-27(45)46)39-26(44)15-19-6-8-20(9-7-19)17-38-35(59)37-14-4-3-5-22(32(53)54)42-36(60)43-23(33(55)56)11-13-28(47)48/h6-9,21-25H,2-5,10-18H2,1H3,(H,39,44)(H,40,51)(H,41,52)(H,45,46)(H,47,48)(H,49,50)(H,53,54)(H,55,56)(H,57,58)(H2,37,38,59)(H2,42,43,60)/t21-,22-,23-,24-,25-/m0/s1. The summed E-state index contributed by atoms with van der Waals surface area (Å²) in [6.07, 6.45) is -2.75. The first-order chi connectivity index (χ1) is 29.2. The molecular formula is C36H51N7O17S2. The van der Waals surface area contributed by atoms with Crippen molar-refractivity contribution in [3.05, 3.63) is 35.4 Å². The maximum Gasteiger partial charge on any atom is 0.327 e. The van der Waals surface area contributed by atoms with Crippen LogP contribution in [0.4, 0.5) is 9.59 Å². The number of hydrogen-bond acceptors (Lipinski definition) is 13. The Bertz CT molecular complexity index is 1750. The van der Waals surface area contributed by atoms with E-state index < -0.39 is 128 Å². The van der Waals surface area contributed by atoms with Crippen molar-refractivity contribution >= 4 is 87.2 Å². The zero-order valence-electron chi connectivity index (χ0n) is 33.4. The van der Waals surface area contributed by atoms with Crippen LogP contribution in [0.5, 0.6) is 0 Å². The SMILES string of the molecule is CCSSC[C@H](NC(=O)[C@H](CC(=O)O)NC(=O)[C@H](CCC(=O)O)NC(=O)Cc1ccc(CNC(=O)NCCCC[C@H](NC(=O)N[C@@H](CCC(=O)O)C(=O)O)C(=O)O)cc1)C(=O)O. The van der Waals surface area contributed by atoms with Gasteiger partial charge in [0.25, 0.3) is 0 Å². The van der Waals surface area contributed by atoms with Crippen LogP contribution in [0.2, 0.25) is 0 Å². The highest BCUT2D eigenvalue weighted by atomic mass is 33.1. The number of benzene rings is 1. The maximum absolute atomic E-state index is 13.2. The maximum atomic E-state index is 13.2. The summed E-state index contributed by atoms with van der Waals surface area (Å²) in [5.74, 6) is -10.7. The number of hydrogen-bond donors (Lipinski definition) is 13. The molecule has 0 heterocycles. The lowest BCUT2D eigenvalue weighted by Gasteiger charge is -2.23. The van der Waals surface area contributed by atoms with Crippen LogP contribution in [0.15, 0.2) is 24.3 Å². The van der Waals surface area contributed by atoms with Gasteiger partial charge >= 0.3 is 47.9 Å². The Balaban J connectivity index is 2.69. The van der Waals surface area contributed by atoms with Crippen LogP contribution in [0, 0.1) is 0 Å². The Morgan fingerprint density at radius 1 is 0.532 bits per heavy atom. The van der Waals surface area contributed by atoms with Gasteiger partial charge in [-0.25, -0.2) is 24.0 Å². The molecule has 0 saturated heterocycles. The molecule has 0 aliphatic rings. The molecule has 13 N–H and O–H groups in total. The first kappa shape index (κ1) is 53.7. The van der Waals surface area contributed by atoms with Crippen LogP contribution >= 0.6 is 21.6 Å². The normalized spacial score (nSPS) is 13.0. The lowest BCUT2D eigenvalue weighted by atomic mass is 10.1. The molecule has 62 heavy (non-hydrogen) atoms.